The normalized spacial score (nSPS) is 35.9. The van der Waals surface area contributed by atoms with Crippen LogP contribution >= 0.6 is 0 Å². The number of hydrogen-bond acceptors (Lipinski definition) is 8. The van der Waals surface area contributed by atoms with Crippen LogP contribution in [0.2, 0.25) is 0 Å². The number of morpholine rings is 1. The summed E-state index contributed by atoms with van der Waals surface area (Å²) < 4.78 is 17.9. The quantitative estimate of drug-likeness (QED) is 0.261. The highest BCUT2D eigenvalue weighted by atomic mass is 16.6. The first-order valence-electron chi connectivity index (χ1n) is 14.6. The summed E-state index contributed by atoms with van der Waals surface area (Å²) in [6.07, 6.45) is 12.3. The number of allylic oxidation sites excluding steroid dienone is 1. The van der Waals surface area contributed by atoms with Gasteiger partial charge in [0.15, 0.2) is 0 Å². The van der Waals surface area contributed by atoms with Gasteiger partial charge < -0.3 is 29.1 Å². The molecule has 216 valence electrons. The van der Waals surface area contributed by atoms with Crippen LogP contribution in [0.1, 0.15) is 45.4 Å². The Morgan fingerprint density at radius 3 is 2.51 bits per heavy atom. The summed E-state index contributed by atoms with van der Waals surface area (Å²) in [7, 11) is 0. The third kappa shape index (κ3) is 5.40. The zero-order valence-corrected chi connectivity index (χ0v) is 23.1. The minimum atomic E-state index is -1.24. The lowest BCUT2D eigenvalue weighted by atomic mass is 9.74. The van der Waals surface area contributed by atoms with Gasteiger partial charge in [0.25, 0.3) is 0 Å². The number of rotatable bonds is 9. The minimum Gasteiger partial charge on any atom is -0.465 e. The van der Waals surface area contributed by atoms with Crippen molar-refractivity contribution in [2.45, 2.75) is 62.7 Å². The Bertz CT molecular complexity index is 980. The second-order valence-electron chi connectivity index (χ2n) is 11.5. The third-order valence-electron chi connectivity index (χ3n) is 8.93. The Hall–Kier alpha value is -2.27. The number of fused-ring (bicyclic) bond motifs is 2. The molecule has 10 nitrogen and oxygen atoms in total. The maximum atomic E-state index is 14.3. The molecule has 3 fully saturated rings. The monoisotopic (exact) mass is 545 g/mol. The van der Waals surface area contributed by atoms with E-state index in [0.29, 0.717) is 58.7 Å². The van der Waals surface area contributed by atoms with Crippen molar-refractivity contribution >= 4 is 17.8 Å². The summed E-state index contributed by atoms with van der Waals surface area (Å²) in [5.41, 5.74) is -2.30. The maximum Gasteiger partial charge on any atom is 0.313 e. The summed E-state index contributed by atoms with van der Waals surface area (Å²) >= 11 is 0. The van der Waals surface area contributed by atoms with Crippen molar-refractivity contribution in [3.8, 4) is 0 Å². The lowest BCUT2D eigenvalue weighted by molar-refractivity contribution is -0.159. The van der Waals surface area contributed by atoms with E-state index in [-0.39, 0.29) is 18.4 Å². The van der Waals surface area contributed by atoms with Gasteiger partial charge in [0.2, 0.25) is 11.8 Å². The number of aliphatic hydroxyl groups excluding tert-OH is 1. The zero-order valence-electron chi connectivity index (χ0n) is 23.1. The molecule has 3 saturated heterocycles. The van der Waals surface area contributed by atoms with Gasteiger partial charge in [-0.05, 0) is 32.6 Å². The number of unbranched alkanes of at least 4 members (excludes halogenated alkanes) is 3. The van der Waals surface area contributed by atoms with Gasteiger partial charge in [-0.15, -0.1) is 0 Å². The molecule has 0 aliphatic carbocycles. The summed E-state index contributed by atoms with van der Waals surface area (Å²) in [5, 5.41) is 9.15. The third-order valence-corrected chi connectivity index (χ3v) is 8.93. The molecule has 1 spiro atoms. The zero-order chi connectivity index (χ0) is 27.5. The van der Waals surface area contributed by atoms with Gasteiger partial charge in [0.1, 0.15) is 17.6 Å². The van der Waals surface area contributed by atoms with Crippen molar-refractivity contribution < 1.29 is 33.7 Å². The van der Waals surface area contributed by atoms with E-state index >= 15 is 0 Å². The van der Waals surface area contributed by atoms with Crippen molar-refractivity contribution in [2.75, 3.05) is 65.7 Å². The van der Waals surface area contributed by atoms with E-state index in [1.165, 1.54) is 0 Å². The Morgan fingerprint density at radius 2 is 1.72 bits per heavy atom. The highest BCUT2D eigenvalue weighted by Crippen LogP contribution is 2.57. The van der Waals surface area contributed by atoms with Gasteiger partial charge >= 0.3 is 5.97 Å². The molecule has 0 aromatic rings. The molecule has 5 aliphatic heterocycles. The second kappa shape index (κ2) is 12.1. The molecule has 5 atom stereocenters. The number of nitrogens with zero attached hydrogens (tertiary/aromatic N) is 3. The molecule has 0 aromatic carbocycles. The Balaban J connectivity index is 1.46. The van der Waals surface area contributed by atoms with E-state index in [1.807, 2.05) is 36.1 Å². The van der Waals surface area contributed by atoms with Gasteiger partial charge in [-0.3, -0.25) is 19.3 Å². The number of amides is 2. The molecule has 5 aliphatic rings. The number of carbonyl (C=O) groups is 3. The molecule has 5 rings (SSSR count). The van der Waals surface area contributed by atoms with E-state index in [9.17, 15) is 14.4 Å². The molecule has 5 heterocycles. The number of esters is 1. The van der Waals surface area contributed by atoms with E-state index in [1.54, 1.807) is 4.90 Å². The van der Waals surface area contributed by atoms with Gasteiger partial charge in [-0.25, -0.2) is 0 Å². The number of ether oxygens (including phenoxy) is 3. The van der Waals surface area contributed by atoms with Crippen LogP contribution in [0.3, 0.4) is 0 Å². The lowest BCUT2D eigenvalue weighted by Crippen LogP contribution is -2.56. The highest BCUT2D eigenvalue weighted by Gasteiger charge is 2.74. The Kier molecular flexibility index (Phi) is 8.75. The van der Waals surface area contributed by atoms with Crippen molar-refractivity contribution in [2.24, 2.45) is 11.8 Å². The number of likely N-dealkylation sites (tertiary alicyclic amines) is 1. The average Bonchev–Trinajstić information content (AvgIpc) is 3.28. The first-order valence-corrected chi connectivity index (χ1v) is 14.6. The predicted octanol–water partition coefficient (Wildman–Crippen LogP) is 1.13. The summed E-state index contributed by atoms with van der Waals surface area (Å²) in [5.74, 6) is -2.45. The molecule has 0 saturated carbocycles. The van der Waals surface area contributed by atoms with Crippen LogP contribution in [-0.2, 0) is 28.6 Å². The molecule has 2 amide bonds. The molecule has 1 unspecified atom stereocenters. The minimum absolute atomic E-state index is 0.132. The summed E-state index contributed by atoms with van der Waals surface area (Å²) in [6.45, 7) is 7.45. The van der Waals surface area contributed by atoms with Gasteiger partial charge in [-0.1, -0.05) is 37.1 Å². The van der Waals surface area contributed by atoms with Crippen LogP contribution < -0.4 is 0 Å². The van der Waals surface area contributed by atoms with Crippen LogP contribution in [0, 0.1) is 11.8 Å². The Morgan fingerprint density at radius 1 is 0.923 bits per heavy atom. The van der Waals surface area contributed by atoms with Crippen LogP contribution in [-0.4, -0.2) is 121 Å². The average molecular weight is 546 g/mol. The molecule has 39 heavy (non-hydrogen) atoms. The molecule has 0 aromatic heterocycles. The van der Waals surface area contributed by atoms with Crippen molar-refractivity contribution in [1.29, 1.82) is 0 Å². The van der Waals surface area contributed by atoms with Crippen LogP contribution in [0.5, 0.6) is 0 Å². The number of hydrogen-bond donors (Lipinski definition) is 1. The largest absolute Gasteiger partial charge is 0.465 e. The van der Waals surface area contributed by atoms with E-state index in [0.717, 1.165) is 38.9 Å². The van der Waals surface area contributed by atoms with E-state index in [2.05, 4.69) is 4.90 Å². The fourth-order valence-corrected chi connectivity index (χ4v) is 6.96. The molecule has 10 heteroatoms. The SMILES string of the molecule is C[C@]12/C=C\CCCOC(=O)[C@H]1[C@H]1C(=O)N(CCCCCCO)C3C(=O)N(CCN4CCOCC4)CC=C[C@@]31O2. The standard InChI is InChI=1S/C29H43N3O7/c1-28-10-5-4-8-19-38-27(36)23(28)22-25(34)32(13-6-2-3-7-18-33)24-26(35)31(12-9-11-29(22,24)39-28)15-14-30-16-20-37-21-17-30/h5,9-11,22-24,33H,2-4,6-8,12-21H2,1H3/b10-5-/t22-,23+,24?,28-,29-/m0/s1. The summed E-state index contributed by atoms with van der Waals surface area (Å²) in [4.78, 5) is 47.8. The van der Waals surface area contributed by atoms with E-state index in [4.69, 9.17) is 19.3 Å². The van der Waals surface area contributed by atoms with Crippen molar-refractivity contribution in [3.63, 3.8) is 0 Å². The maximum absolute atomic E-state index is 14.3. The van der Waals surface area contributed by atoms with Crippen LogP contribution in [0.15, 0.2) is 24.3 Å². The number of aliphatic hydroxyl groups is 1. The topological polar surface area (TPSA) is 109 Å². The van der Waals surface area contributed by atoms with E-state index < -0.39 is 35.0 Å². The molecular formula is C29H43N3O7. The fourth-order valence-electron chi connectivity index (χ4n) is 6.96. The first-order chi connectivity index (χ1) is 18.9. The number of cyclic esters (lactones) is 1. The molecule has 0 bridgehead atoms. The predicted molar refractivity (Wildman–Crippen MR) is 143 cm³/mol. The molecular weight excluding hydrogens is 502 g/mol. The summed E-state index contributed by atoms with van der Waals surface area (Å²) in [6, 6.07) is -0.843. The Labute approximate surface area is 230 Å². The first kappa shape index (κ1) is 28.3. The van der Waals surface area contributed by atoms with Gasteiger partial charge in [0.05, 0.1) is 31.3 Å². The van der Waals surface area contributed by atoms with Crippen molar-refractivity contribution in [3.05, 3.63) is 24.3 Å². The van der Waals surface area contributed by atoms with Gasteiger partial charge in [0, 0.05) is 45.9 Å². The van der Waals surface area contributed by atoms with Gasteiger partial charge in [-0.2, -0.15) is 0 Å². The lowest BCUT2D eigenvalue weighted by Gasteiger charge is -2.38. The van der Waals surface area contributed by atoms with Crippen LogP contribution in [0.4, 0.5) is 0 Å². The number of carbonyl (C=O) groups excluding carboxylic acids is 3. The van der Waals surface area contributed by atoms with Crippen molar-refractivity contribution in [1.82, 2.24) is 14.7 Å². The molecule has 1 N–H and O–H groups in total. The molecule has 0 radical (unpaired) electrons. The second-order valence-corrected chi connectivity index (χ2v) is 11.5. The smallest absolute Gasteiger partial charge is 0.313 e. The highest BCUT2D eigenvalue weighted by molar-refractivity contribution is 5.99. The van der Waals surface area contributed by atoms with Crippen LogP contribution in [0.25, 0.3) is 0 Å². The fraction of sp³-hybridized carbons (Fsp3) is 0.759.